The molecule has 19 heavy (non-hydrogen) atoms. The molecule has 0 aliphatic heterocycles. The Balaban J connectivity index is 2.78. The third kappa shape index (κ3) is 4.20. The molecule has 0 aliphatic carbocycles. The summed E-state index contributed by atoms with van der Waals surface area (Å²) in [6.07, 6.45) is -3.66. The summed E-state index contributed by atoms with van der Waals surface area (Å²) < 4.78 is 36.9. The van der Waals surface area contributed by atoms with E-state index in [0.29, 0.717) is 0 Å². The zero-order valence-electron chi connectivity index (χ0n) is 10.5. The van der Waals surface area contributed by atoms with Gasteiger partial charge in [-0.2, -0.15) is 13.2 Å². The number of hydrogen-bond acceptors (Lipinski definition) is 3. The summed E-state index contributed by atoms with van der Waals surface area (Å²) >= 11 is 0. The Morgan fingerprint density at radius 1 is 1.42 bits per heavy atom. The molecule has 4 nitrogen and oxygen atoms in total. The van der Waals surface area contributed by atoms with Crippen LogP contribution in [0.4, 0.5) is 13.2 Å². The molecule has 1 aromatic rings. The summed E-state index contributed by atoms with van der Waals surface area (Å²) in [5, 5.41) is 11.6. The molecule has 0 radical (unpaired) electrons. The summed E-state index contributed by atoms with van der Waals surface area (Å²) in [6, 6.07) is 1.35. The van der Waals surface area contributed by atoms with Gasteiger partial charge in [-0.25, -0.2) is 0 Å². The van der Waals surface area contributed by atoms with Crippen molar-refractivity contribution in [2.24, 2.45) is 5.92 Å². The first kappa shape index (κ1) is 15.4. The fourth-order valence-electron chi connectivity index (χ4n) is 1.37. The number of nitrogens with zero attached hydrogens (tertiary/aromatic N) is 1. The van der Waals surface area contributed by atoms with Crippen LogP contribution in [0.3, 0.4) is 0 Å². The number of amides is 1. The lowest BCUT2D eigenvalue weighted by molar-refractivity contribution is -0.141. The van der Waals surface area contributed by atoms with Crippen LogP contribution in [0.1, 0.15) is 29.9 Å². The first-order chi connectivity index (χ1) is 8.75. The molecule has 0 aliphatic rings. The van der Waals surface area contributed by atoms with Crippen molar-refractivity contribution in [3.05, 3.63) is 29.6 Å². The molecule has 0 fully saturated rings. The average molecular weight is 276 g/mol. The standard InChI is InChI=1S/C12H15F3N2O2/c1-7(2)9(6-18)17-11(19)8-3-4-10(16-5-8)12(13,14)15/h3-5,7,9,18H,6H2,1-2H3,(H,17,19). The van der Waals surface area contributed by atoms with E-state index in [4.69, 9.17) is 5.11 Å². The highest BCUT2D eigenvalue weighted by molar-refractivity contribution is 5.94. The highest BCUT2D eigenvalue weighted by Gasteiger charge is 2.32. The van der Waals surface area contributed by atoms with E-state index >= 15 is 0 Å². The number of aliphatic hydroxyl groups is 1. The first-order valence-corrected chi connectivity index (χ1v) is 5.70. The minimum Gasteiger partial charge on any atom is -0.394 e. The Morgan fingerprint density at radius 2 is 2.05 bits per heavy atom. The minimum atomic E-state index is -4.53. The van der Waals surface area contributed by atoms with Gasteiger partial charge < -0.3 is 10.4 Å². The fourth-order valence-corrected chi connectivity index (χ4v) is 1.37. The van der Waals surface area contributed by atoms with Crippen LogP contribution in [0.2, 0.25) is 0 Å². The van der Waals surface area contributed by atoms with E-state index in [2.05, 4.69) is 10.3 Å². The van der Waals surface area contributed by atoms with Gasteiger partial charge in [0.25, 0.3) is 5.91 Å². The van der Waals surface area contributed by atoms with Crippen molar-refractivity contribution in [3.8, 4) is 0 Å². The smallest absolute Gasteiger partial charge is 0.394 e. The van der Waals surface area contributed by atoms with E-state index in [-0.39, 0.29) is 18.1 Å². The molecule has 0 saturated heterocycles. The van der Waals surface area contributed by atoms with Crippen LogP contribution >= 0.6 is 0 Å². The van der Waals surface area contributed by atoms with Crippen molar-refractivity contribution >= 4 is 5.91 Å². The maximum Gasteiger partial charge on any atom is 0.433 e. The molecule has 1 amide bonds. The fraction of sp³-hybridized carbons (Fsp3) is 0.500. The van der Waals surface area contributed by atoms with E-state index in [0.717, 1.165) is 18.3 Å². The van der Waals surface area contributed by atoms with Crippen LogP contribution in [-0.4, -0.2) is 28.6 Å². The molecule has 2 N–H and O–H groups in total. The number of aromatic nitrogens is 1. The summed E-state index contributed by atoms with van der Waals surface area (Å²) in [5.41, 5.74) is -1.03. The van der Waals surface area contributed by atoms with E-state index < -0.39 is 23.8 Å². The SMILES string of the molecule is CC(C)C(CO)NC(=O)c1ccc(C(F)(F)F)nc1. The van der Waals surface area contributed by atoms with Crippen LogP contribution in [0.25, 0.3) is 0 Å². The minimum absolute atomic E-state index is 0.0105. The lowest BCUT2D eigenvalue weighted by Crippen LogP contribution is -2.41. The molecule has 1 unspecified atom stereocenters. The Labute approximate surface area is 108 Å². The summed E-state index contributed by atoms with van der Waals surface area (Å²) in [5.74, 6) is -0.551. The van der Waals surface area contributed by atoms with Gasteiger partial charge in [0, 0.05) is 6.20 Å². The lowest BCUT2D eigenvalue weighted by atomic mass is 10.1. The van der Waals surface area contributed by atoms with Crippen LogP contribution < -0.4 is 5.32 Å². The van der Waals surface area contributed by atoms with Gasteiger partial charge in [0.2, 0.25) is 0 Å². The topological polar surface area (TPSA) is 62.2 Å². The Bertz CT molecular complexity index is 430. The molecular weight excluding hydrogens is 261 g/mol. The normalized spacial score (nSPS) is 13.4. The van der Waals surface area contributed by atoms with E-state index in [1.165, 1.54) is 0 Å². The largest absolute Gasteiger partial charge is 0.433 e. The predicted octanol–water partition coefficient (Wildman–Crippen LogP) is 1.85. The van der Waals surface area contributed by atoms with Crippen molar-refractivity contribution in [2.75, 3.05) is 6.61 Å². The molecule has 1 aromatic heterocycles. The van der Waals surface area contributed by atoms with E-state index in [1.807, 2.05) is 13.8 Å². The van der Waals surface area contributed by atoms with Crippen molar-refractivity contribution < 1.29 is 23.1 Å². The van der Waals surface area contributed by atoms with Crippen molar-refractivity contribution in [2.45, 2.75) is 26.1 Å². The van der Waals surface area contributed by atoms with E-state index in [9.17, 15) is 18.0 Å². The van der Waals surface area contributed by atoms with Gasteiger partial charge in [-0.3, -0.25) is 9.78 Å². The highest BCUT2D eigenvalue weighted by atomic mass is 19.4. The van der Waals surface area contributed by atoms with Gasteiger partial charge in [-0.15, -0.1) is 0 Å². The molecule has 0 bridgehead atoms. The van der Waals surface area contributed by atoms with Crippen LogP contribution in [0.5, 0.6) is 0 Å². The third-order valence-corrected chi connectivity index (χ3v) is 2.63. The first-order valence-electron chi connectivity index (χ1n) is 5.70. The van der Waals surface area contributed by atoms with Gasteiger partial charge in [-0.05, 0) is 18.1 Å². The summed E-state index contributed by atoms with van der Waals surface area (Å²) in [4.78, 5) is 14.9. The molecular formula is C12H15F3N2O2. The molecule has 1 rings (SSSR count). The molecule has 1 atom stereocenters. The molecule has 0 aromatic carbocycles. The monoisotopic (exact) mass is 276 g/mol. The number of hydrogen-bond donors (Lipinski definition) is 2. The number of pyridine rings is 1. The van der Waals surface area contributed by atoms with Crippen molar-refractivity contribution in [1.29, 1.82) is 0 Å². The Hall–Kier alpha value is -1.63. The van der Waals surface area contributed by atoms with Crippen LogP contribution in [0, 0.1) is 5.92 Å². The summed E-state index contributed by atoms with van der Waals surface area (Å²) in [7, 11) is 0. The van der Waals surface area contributed by atoms with Gasteiger partial charge in [-0.1, -0.05) is 13.8 Å². The molecule has 0 saturated carbocycles. The zero-order valence-corrected chi connectivity index (χ0v) is 10.5. The van der Waals surface area contributed by atoms with Crippen molar-refractivity contribution in [1.82, 2.24) is 10.3 Å². The second kappa shape index (κ2) is 6.01. The number of halogens is 3. The van der Waals surface area contributed by atoms with E-state index in [1.54, 1.807) is 0 Å². The second-order valence-corrected chi connectivity index (χ2v) is 4.44. The second-order valence-electron chi connectivity index (χ2n) is 4.44. The van der Waals surface area contributed by atoms with Gasteiger partial charge in [0.1, 0.15) is 5.69 Å². The highest BCUT2D eigenvalue weighted by Crippen LogP contribution is 2.27. The number of carbonyl (C=O) groups is 1. The molecule has 0 spiro atoms. The molecule has 7 heteroatoms. The van der Waals surface area contributed by atoms with Gasteiger partial charge >= 0.3 is 6.18 Å². The quantitative estimate of drug-likeness (QED) is 0.882. The average Bonchev–Trinajstić information content (AvgIpc) is 2.34. The van der Waals surface area contributed by atoms with Crippen LogP contribution in [0.15, 0.2) is 18.3 Å². The van der Waals surface area contributed by atoms with Crippen LogP contribution in [-0.2, 0) is 6.18 Å². The Kier molecular flexibility index (Phi) is 4.88. The van der Waals surface area contributed by atoms with Crippen molar-refractivity contribution in [3.63, 3.8) is 0 Å². The zero-order chi connectivity index (χ0) is 14.6. The number of carbonyl (C=O) groups excluding carboxylic acids is 1. The third-order valence-electron chi connectivity index (χ3n) is 2.63. The Morgan fingerprint density at radius 3 is 2.42 bits per heavy atom. The maximum atomic E-state index is 12.3. The van der Waals surface area contributed by atoms with Gasteiger partial charge in [0.05, 0.1) is 18.2 Å². The van der Waals surface area contributed by atoms with Gasteiger partial charge in [0.15, 0.2) is 0 Å². The number of aliphatic hydroxyl groups excluding tert-OH is 1. The number of rotatable bonds is 4. The maximum absolute atomic E-state index is 12.3. The molecule has 1 heterocycles. The number of alkyl halides is 3. The summed E-state index contributed by atoms with van der Waals surface area (Å²) in [6.45, 7) is 3.38. The lowest BCUT2D eigenvalue weighted by Gasteiger charge is -2.19. The molecule has 106 valence electrons. The predicted molar refractivity (Wildman–Crippen MR) is 62.4 cm³/mol. The number of nitrogens with one attached hydrogen (secondary N) is 1.